The van der Waals surface area contributed by atoms with E-state index < -0.39 is 14.0 Å². The molecule has 2 fully saturated rings. The zero-order valence-corrected chi connectivity index (χ0v) is 18.2. The zero-order valence-electron chi connectivity index (χ0n) is 17.2. The third kappa shape index (κ3) is 3.19. The van der Waals surface area contributed by atoms with E-state index >= 15 is 0 Å². The van der Waals surface area contributed by atoms with Crippen molar-refractivity contribution in [2.24, 2.45) is 4.99 Å². The molecule has 29 heavy (non-hydrogen) atoms. The number of carboxylic acids is 1. The van der Waals surface area contributed by atoms with Crippen LogP contribution in [0.25, 0.3) is 0 Å². The molecular weight excluding hydrogens is 378 g/mol. The fourth-order valence-electron chi connectivity index (χ4n) is 4.94. The van der Waals surface area contributed by atoms with E-state index in [-0.39, 0.29) is 6.42 Å². The van der Waals surface area contributed by atoms with Gasteiger partial charge in [-0.25, -0.2) is 9.57 Å². The van der Waals surface area contributed by atoms with Crippen LogP contribution in [-0.4, -0.2) is 61.3 Å². The summed E-state index contributed by atoms with van der Waals surface area (Å²) in [5.74, 6) is -0.700. The molecule has 0 radical (unpaired) electrons. The Morgan fingerprint density at radius 3 is 2.72 bits per heavy atom. The summed E-state index contributed by atoms with van der Waals surface area (Å²) < 4.78 is 2.39. The highest BCUT2D eigenvalue weighted by Crippen LogP contribution is 2.42. The van der Waals surface area contributed by atoms with Gasteiger partial charge in [-0.3, -0.25) is 4.79 Å². The van der Waals surface area contributed by atoms with Gasteiger partial charge in [0.25, 0.3) is 0 Å². The first-order valence-electron chi connectivity index (χ1n) is 10.7. The molecule has 0 bridgehead atoms. The van der Waals surface area contributed by atoms with E-state index in [0.29, 0.717) is 5.54 Å². The summed E-state index contributed by atoms with van der Waals surface area (Å²) in [7, 11) is -2.18. The number of benzene rings is 1. The van der Waals surface area contributed by atoms with E-state index in [2.05, 4.69) is 59.8 Å². The highest BCUT2D eigenvalue weighted by atomic mass is 28.3. The lowest BCUT2D eigenvalue weighted by molar-refractivity contribution is -0.333. The number of nitrogens with zero attached hydrogens (tertiary/aromatic N) is 3. The molecule has 0 amide bonds. The van der Waals surface area contributed by atoms with Crippen molar-refractivity contribution in [3.8, 4) is 0 Å². The van der Waals surface area contributed by atoms with Crippen molar-refractivity contribution in [1.29, 1.82) is 0 Å². The Hall–Kier alpha value is -2.47. The van der Waals surface area contributed by atoms with Gasteiger partial charge in [-0.1, -0.05) is 13.8 Å². The van der Waals surface area contributed by atoms with E-state index in [0.717, 1.165) is 50.0 Å². The molecule has 3 aliphatic heterocycles. The molecule has 5 rings (SSSR count). The van der Waals surface area contributed by atoms with Gasteiger partial charge in [0.15, 0.2) is 5.71 Å². The van der Waals surface area contributed by atoms with Crippen LogP contribution in [0.4, 0.5) is 11.4 Å². The van der Waals surface area contributed by atoms with Crippen molar-refractivity contribution in [1.82, 2.24) is 0 Å². The Morgan fingerprint density at radius 1 is 1.28 bits per heavy atom. The van der Waals surface area contributed by atoms with Gasteiger partial charge in [0.1, 0.15) is 8.07 Å². The molecule has 0 spiro atoms. The largest absolute Gasteiger partial charge is 0.481 e. The lowest BCUT2D eigenvalue weighted by Crippen LogP contribution is -2.56. The van der Waals surface area contributed by atoms with Gasteiger partial charge in [-0.2, -0.15) is 0 Å². The second-order valence-electron chi connectivity index (χ2n) is 8.86. The van der Waals surface area contributed by atoms with Crippen LogP contribution >= 0.6 is 0 Å². The van der Waals surface area contributed by atoms with Crippen molar-refractivity contribution in [2.45, 2.75) is 38.3 Å². The van der Waals surface area contributed by atoms with Gasteiger partial charge in [-0.15, -0.1) is 0 Å². The highest BCUT2D eigenvalue weighted by molar-refractivity contribution is 7.03. The number of carboxylic acid groups (broad SMARTS) is 1. The van der Waals surface area contributed by atoms with Crippen LogP contribution in [0.1, 0.15) is 26.7 Å². The van der Waals surface area contributed by atoms with Crippen LogP contribution in [0.5, 0.6) is 0 Å². The Morgan fingerprint density at radius 2 is 2.07 bits per heavy atom. The molecule has 0 aromatic heterocycles. The minimum atomic E-state index is -2.18. The first kappa shape index (κ1) is 18.5. The SMILES string of the molecule is CC(C)[Si]1(CCCC(=O)O)C2=CC(=[N+]3CC3)C=CC2=Nc2ccc(N3CC3)cc21. The number of hydrogen-bond acceptors (Lipinski definition) is 3. The van der Waals surface area contributed by atoms with E-state index in [9.17, 15) is 9.90 Å². The van der Waals surface area contributed by atoms with Crippen LogP contribution in [0.2, 0.25) is 11.6 Å². The Bertz CT molecular complexity index is 1010. The number of anilines is 1. The van der Waals surface area contributed by atoms with Crippen molar-refractivity contribution in [3.63, 3.8) is 0 Å². The third-order valence-corrected chi connectivity index (χ3v) is 12.6. The van der Waals surface area contributed by atoms with Gasteiger partial charge in [-0.05, 0) is 52.7 Å². The quantitative estimate of drug-likeness (QED) is 0.342. The summed E-state index contributed by atoms with van der Waals surface area (Å²) in [5, 5.41) is 12.1. The molecule has 1 aliphatic carbocycles. The van der Waals surface area contributed by atoms with Crippen LogP contribution in [-0.2, 0) is 4.79 Å². The molecule has 1 aromatic carbocycles. The second-order valence-corrected chi connectivity index (χ2v) is 13.5. The molecule has 0 saturated carbocycles. The zero-order chi connectivity index (χ0) is 20.2. The van der Waals surface area contributed by atoms with Gasteiger partial charge in [0.05, 0.1) is 11.4 Å². The average molecular weight is 407 g/mol. The monoisotopic (exact) mass is 406 g/mol. The number of carbonyl (C=O) groups is 1. The molecule has 4 aliphatic rings. The maximum Gasteiger partial charge on any atom is 0.303 e. The van der Waals surface area contributed by atoms with E-state index in [1.54, 1.807) is 0 Å². The lowest BCUT2D eigenvalue weighted by atomic mass is 10.1. The van der Waals surface area contributed by atoms with E-state index in [4.69, 9.17) is 4.99 Å². The Labute approximate surface area is 172 Å². The van der Waals surface area contributed by atoms with Gasteiger partial charge >= 0.3 is 5.97 Å². The number of allylic oxidation sites excluding steroid dienone is 4. The minimum absolute atomic E-state index is 0.237. The second kappa shape index (κ2) is 6.80. The topological polar surface area (TPSA) is 55.7 Å². The smallest absolute Gasteiger partial charge is 0.303 e. The molecular formula is C23H28N3O2Si+. The molecule has 2 saturated heterocycles. The van der Waals surface area contributed by atoms with Crippen LogP contribution in [0, 0.1) is 0 Å². The highest BCUT2D eigenvalue weighted by Gasteiger charge is 2.48. The molecule has 1 atom stereocenters. The molecule has 5 nitrogen and oxygen atoms in total. The van der Waals surface area contributed by atoms with E-state index in [1.165, 1.54) is 21.8 Å². The molecule has 150 valence electrons. The Balaban J connectivity index is 1.68. The summed E-state index contributed by atoms with van der Waals surface area (Å²) in [4.78, 5) is 18.7. The maximum absolute atomic E-state index is 11.3. The summed E-state index contributed by atoms with van der Waals surface area (Å²) in [6.07, 6.45) is 7.72. The molecule has 1 aromatic rings. The number of aliphatic imine (C=N–C) groups is 1. The van der Waals surface area contributed by atoms with Crippen LogP contribution < -0.4 is 10.1 Å². The molecule has 1 N–H and O–H groups in total. The Kier molecular flexibility index (Phi) is 4.35. The summed E-state index contributed by atoms with van der Waals surface area (Å²) in [6.45, 7) is 9.17. The fourth-order valence-corrected chi connectivity index (χ4v) is 10.3. The first-order valence-corrected chi connectivity index (χ1v) is 13.0. The van der Waals surface area contributed by atoms with E-state index in [1.807, 2.05) is 0 Å². The predicted molar refractivity (Wildman–Crippen MR) is 120 cm³/mol. The van der Waals surface area contributed by atoms with Crippen LogP contribution in [0.15, 0.2) is 46.6 Å². The lowest BCUT2D eigenvalue weighted by Gasteiger charge is -2.42. The van der Waals surface area contributed by atoms with Gasteiger partial charge < -0.3 is 10.0 Å². The third-order valence-electron chi connectivity index (χ3n) is 6.73. The maximum atomic E-state index is 11.3. The van der Waals surface area contributed by atoms with Gasteiger partial charge in [0.2, 0.25) is 13.1 Å². The summed E-state index contributed by atoms with van der Waals surface area (Å²) in [5.41, 5.74) is 5.25. The standard InChI is InChI=1S/C23H27N3O2Si/c1-16(2)29(13-3-4-23(27)28)21-14-17(25-9-10-25)5-7-19(21)24-20-8-6-18(15-22(20)29)26-11-12-26/h5-8,14-16H,3-4,9-13H2,1-2H3/p+1. The average Bonchev–Trinajstić information content (AvgIpc) is 3.59. The van der Waals surface area contributed by atoms with Crippen molar-refractivity contribution < 1.29 is 14.5 Å². The summed E-state index contributed by atoms with van der Waals surface area (Å²) in [6, 6.07) is 7.72. The number of aliphatic carboxylic acids is 1. The van der Waals surface area contributed by atoms with Crippen molar-refractivity contribution >= 4 is 42.0 Å². The molecule has 3 heterocycles. The number of fused-ring (bicyclic) bond motifs is 2. The predicted octanol–water partition coefficient (Wildman–Crippen LogP) is 3.03. The van der Waals surface area contributed by atoms with Crippen LogP contribution in [0.3, 0.4) is 0 Å². The normalized spacial score (nSPS) is 24.2. The van der Waals surface area contributed by atoms with Crippen molar-refractivity contribution in [2.75, 3.05) is 31.1 Å². The summed E-state index contributed by atoms with van der Waals surface area (Å²) >= 11 is 0. The fraction of sp³-hybridized carbons (Fsp3) is 0.435. The molecule has 6 heteroatoms. The number of hydrogen-bond donors (Lipinski definition) is 1. The minimum Gasteiger partial charge on any atom is -0.481 e. The van der Waals surface area contributed by atoms with Crippen molar-refractivity contribution in [3.05, 3.63) is 41.6 Å². The molecule has 1 unspecified atom stereocenters. The van der Waals surface area contributed by atoms with Gasteiger partial charge in [0, 0.05) is 37.3 Å². The number of rotatable bonds is 6. The first-order chi connectivity index (χ1) is 14.0.